The smallest absolute Gasteiger partial charge is 0.319 e. The molecule has 4 atom stereocenters. The van der Waals surface area contributed by atoms with Crippen molar-refractivity contribution in [2.24, 2.45) is 5.92 Å². The number of carbonyl (C=O) groups is 1. The molecule has 2 heterocycles. The van der Waals surface area contributed by atoms with Gasteiger partial charge in [-0.1, -0.05) is 104 Å². The molecule has 3 N–H and O–H groups in total. The van der Waals surface area contributed by atoms with Gasteiger partial charge in [-0.15, -0.1) is 11.8 Å². The van der Waals surface area contributed by atoms with Crippen molar-refractivity contribution in [3.8, 4) is 22.6 Å². The third kappa shape index (κ3) is 9.32. The van der Waals surface area contributed by atoms with Gasteiger partial charge in [0, 0.05) is 35.7 Å². The number of amides is 2. The van der Waals surface area contributed by atoms with Crippen molar-refractivity contribution in [3.63, 3.8) is 0 Å². The first-order chi connectivity index (χ1) is 26.0. The largest absolute Gasteiger partial charge is 0.457 e. The van der Waals surface area contributed by atoms with Gasteiger partial charge in [0.1, 0.15) is 11.5 Å². The summed E-state index contributed by atoms with van der Waals surface area (Å²) in [7, 11) is 0. The fraction of sp³-hybridized carbons (Fsp3) is 0.182. The number of aliphatic hydroxyl groups is 1. The Labute approximate surface area is 314 Å². The molecule has 53 heavy (non-hydrogen) atoms. The fourth-order valence-electron chi connectivity index (χ4n) is 6.27. The topological polar surface area (TPSA) is 102 Å². The van der Waals surface area contributed by atoms with E-state index in [9.17, 15) is 9.90 Å². The van der Waals surface area contributed by atoms with Crippen molar-refractivity contribution in [1.29, 1.82) is 0 Å². The number of aliphatic hydroxyl groups excluding tert-OH is 1. The van der Waals surface area contributed by atoms with Crippen LogP contribution >= 0.6 is 11.8 Å². The number of benzene rings is 5. The number of thioether (sulfide) groups is 1. The van der Waals surface area contributed by atoms with Gasteiger partial charge < -0.3 is 30.0 Å². The van der Waals surface area contributed by atoms with Crippen molar-refractivity contribution in [2.75, 3.05) is 11.1 Å². The highest BCUT2D eigenvalue weighted by atomic mass is 32.2. The number of urea groups is 1. The molecule has 9 heteroatoms. The molecule has 0 saturated carbocycles. The van der Waals surface area contributed by atoms with Crippen LogP contribution in [0.5, 0.6) is 11.5 Å². The SMILES string of the molecule is C[C@@H]1[C@H](CSc2ccccn2)O[C@H](c2ccc(-c3ccccc3CNC(=O)Nc3ccc(Oc4ccccc4)cc3)cc2)O[C@@H]1c1ccc(CO)cc1. The lowest BCUT2D eigenvalue weighted by Gasteiger charge is -2.41. The number of pyridine rings is 1. The van der Waals surface area contributed by atoms with Crippen LogP contribution in [0.1, 0.15) is 41.6 Å². The minimum Gasteiger partial charge on any atom is -0.457 e. The number of hydrogen-bond donors (Lipinski definition) is 3. The second-order valence-corrected chi connectivity index (χ2v) is 13.9. The first kappa shape index (κ1) is 35.9. The molecule has 0 bridgehead atoms. The number of carbonyl (C=O) groups excluding carboxylic acids is 1. The highest BCUT2D eigenvalue weighted by molar-refractivity contribution is 7.99. The lowest BCUT2D eigenvalue weighted by molar-refractivity contribution is -0.268. The van der Waals surface area contributed by atoms with E-state index >= 15 is 0 Å². The van der Waals surface area contributed by atoms with Crippen LogP contribution in [0.3, 0.4) is 0 Å². The second-order valence-electron chi connectivity index (χ2n) is 12.8. The number of nitrogens with one attached hydrogen (secondary N) is 2. The number of ether oxygens (including phenoxy) is 3. The van der Waals surface area contributed by atoms with Crippen molar-refractivity contribution in [1.82, 2.24) is 10.3 Å². The maximum atomic E-state index is 12.9. The summed E-state index contributed by atoms with van der Waals surface area (Å²) in [6.07, 6.45) is 0.936. The lowest BCUT2D eigenvalue weighted by Crippen LogP contribution is -2.38. The molecule has 0 unspecified atom stereocenters. The Morgan fingerprint density at radius 1 is 0.774 bits per heavy atom. The van der Waals surface area contributed by atoms with Crippen LogP contribution in [-0.4, -0.2) is 28.0 Å². The Bertz CT molecular complexity index is 2060. The number of rotatable bonds is 12. The summed E-state index contributed by atoms with van der Waals surface area (Å²) in [6, 6.07) is 46.7. The minimum atomic E-state index is -0.573. The van der Waals surface area contributed by atoms with Gasteiger partial charge in [-0.2, -0.15) is 0 Å². The summed E-state index contributed by atoms with van der Waals surface area (Å²) in [6.45, 7) is 2.50. The zero-order valence-electron chi connectivity index (χ0n) is 29.3. The van der Waals surface area contributed by atoms with Gasteiger partial charge in [-0.25, -0.2) is 9.78 Å². The normalized spacial score (nSPS) is 18.2. The van der Waals surface area contributed by atoms with E-state index in [1.54, 1.807) is 18.0 Å². The average molecular weight is 724 g/mol. The second kappa shape index (κ2) is 17.4. The molecule has 7 rings (SSSR count). The quantitative estimate of drug-likeness (QED) is 0.108. The van der Waals surface area contributed by atoms with Crippen LogP contribution in [0.4, 0.5) is 10.5 Å². The van der Waals surface area contributed by atoms with Gasteiger partial charge in [0.05, 0.1) is 23.8 Å². The zero-order chi connectivity index (χ0) is 36.4. The molecule has 6 aromatic rings. The van der Waals surface area contributed by atoms with Crippen LogP contribution in [-0.2, 0) is 22.6 Å². The number of aromatic nitrogens is 1. The van der Waals surface area contributed by atoms with E-state index in [1.807, 2.05) is 127 Å². The standard InChI is InChI=1S/C44H41N3O5S/c1-30-40(29-53-41-13-7-8-26-45-41)51-43(52-42(30)33-16-14-31(28-48)15-17-33)34-20-18-32(19-21-34)39-12-6-5-9-35(39)27-46-44(49)47-36-22-24-38(25-23-36)50-37-10-3-2-4-11-37/h2-26,30,40,42-43,48H,27-29H2,1H3,(H2,46,47,49)/t30-,40+,42+,43+/m1/s1. The molecular formula is C44H41N3O5S. The molecule has 8 nitrogen and oxygen atoms in total. The summed E-state index contributed by atoms with van der Waals surface area (Å²) < 4.78 is 19.2. The molecule has 0 radical (unpaired) electrons. The van der Waals surface area contributed by atoms with E-state index in [-0.39, 0.29) is 30.8 Å². The first-order valence-corrected chi connectivity index (χ1v) is 18.6. The van der Waals surface area contributed by atoms with E-state index in [0.29, 0.717) is 18.0 Å². The molecule has 268 valence electrons. The predicted molar refractivity (Wildman–Crippen MR) is 209 cm³/mol. The van der Waals surface area contributed by atoms with E-state index in [1.165, 1.54) is 0 Å². The van der Waals surface area contributed by atoms with Crippen molar-refractivity contribution < 1.29 is 24.1 Å². The van der Waals surface area contributed by atoms with E-state index in [4.69, 9.17) is 14.2 Å². The Hall–Kier alpha value is -5.45. The minimum absolute atomic E-state index is 0.00431. The Morgan fingerprint density at radius 3 is 2.21 bits per heavy atom. The van der Waals surface area contributed by atoms with E-state index < -0.39 is 6.29 Å². The maximum absolute atomic E-state index is 12.9. The van der Waals surface area contributed by atoms with Gasteiger partial charge in [0.15, 0.2) is 6.29 Å². The van der Waals surface area contributed by atoms with E-state index in [0.717, 1.165) is 49.9 Å². The molecule has 1 saturated heterocycles. The molecule has 5 aromatic carbocycles. The van der Waals surface area contributed by atoms with Crippen LogP contribution in [0.25, 0.3) is 11.1 Å². The molecule has 1 aliphatic heterocycles. The number of para-hydroxylation sites is 1. The summed E-state index contributed by atoms with van der Waals surface area (Å²) in [5, 5.41) is 16.4. The van der Waals surface area contributed by atoms with Crippen LogP contribution < -0.4 is 15.4 Å². The van der Waals surface area contributed by atoms with Crippen LogP contribution in [0, 0.1) is 5.92 Å². The molecule has 1 aliphatic rings. The fourth-order valence-corrected chi connectivity index (χ4v) is 7.29. The van der Waals surface area contributed by atoms with Crippen molar-refractivity contribution in [2.45, 2.75) is 43.6 Å². The van der Waals surface area contributed by atoms with Crippen molar-refractivity contribution >= 4 is 23.5 Å². The van der Waals surface area contributed by atoms with Gasteiger partial charge >= 0.3 is 6.03 Å². The van der Waals surface area contributed by atoms with Gasteiger partial charge in [-0.05, 0) is 76.3 Å². The predicted octanol–water partition coefficient (Wildman–Crippen LogP) is 9.94. The Balaban J connectivity index is 1.01. The third-order valence-electron chi connectivity index (χ3n) is 9.20. The van der Waals surface area contributed by atoms with Crippen LogP contribution in [0.2, 0.25) is 0 Å². The highest BCUT2D eigenvalue weighted by Crippen LogP contribution is 2.43. The summed E-state index contributed by atoms with van der Waals surface area (Å²) in [5.74, 6) is 2.24. The third-order valence-corrected chi connectivity index (χ3v) is 10.2. The highest BCUT2D eigenvalue weighted by Gasteiger charge is 2.38. The molecule has 1 fully saturated rings. The van der Waals surface area contributed by atoms with Gasteiger partial charge in [-0.3, -0.25) is 0 Å². The first-order valence-electron chi connectivity index (χ1n) is 17.6. The Morgan fingerprint density at radius 2 is 1.47 bits per heavy atom. The molecular weight excluding hydrogens is 683 g/mol. The Kier molecular flexibility index (Phi) is 11.8. The molecule has 2 amide bonds. The number of nitrogens with zero attached hydrogens (tertiary/aromatic N) is 1. The summed E-state index contributed by atoms with van der Waals surface area (Å²) in [5.41, 5.74) is 6.51. The van der Waals surface area contributed by atoms with Crippen molar-refractivity contribution in [3.05, 3.63) is 174 Å². The monoisotopic (exact) mass is 723 g/mol. The van der Waals surface area contributed by atoms with E-state index in [2.05, 4.69) is 40.7 Å². The zero-order valence-corrected chi connectivity index (χ0v) is 30.1. The van der Waals surface area contributed by atoms with Crippen LogP contribution in [0.15, 0.2) is 157 Å². The average Bonchev–Trinajstić information content (AvgIpc) is 3.21. The number of anilines is 1. The number of hydrogen-bond acceptors (Lipinski definition) is 7. The van der Waals surface area contributed by atoms with Gasteiger partial charge in [0.2, 0.25) is 0 Å². The molecule has 0 aliphatic carbocycles. The molecule has 1 aromatic heterocycles. The summed E-state index contributed by atoms with van der Waals surface area (Å²) in [4.78, 5) is 17.4. The lowest BCUT2D eigenvalue weighted by atomic mass is 9.91. The van der Waals surface area contributed by atoms with Gasteiger partial charge in [0.25, 0.3) is 0 Å². The summed E-state index contributed by atoms with van der Waals surface area (Å²) >= 11 is 1.68. The maximum Gasteiger partial charge on any atom is 0.319 e. The molecule has 0 spiro atoms.